The van der Waals surface area contributed by atoms with Crippen molar-refractivity contribution in [3.8, 4) is 0 Å². The average Bonchev–Trinajstić information content (AvgIpc) is 2.07. The Kier molecular flexibility index (Phi) is 4.45. The fourth-order valence-electron chi connectivity index (χ4n) is 1.05. The minimum Gasteiger partial charge on any atom is -0.469 e. The van der Waals surface area contributed by atoms with Gasteiger partial charge in [-0.3, -0.25) is 9.98 Å². The van der Waals surface area contributed by atoms with Crippen molar-refractivity contribution in [1.82, 2.24) is 0 Å². The van der Waals surface area contributed by atoms with Crippen molar-refractivity contribution < 1.29 is 9.47 Å². The van der Waals surface area contributed by atoms with Gasteiger partial charge in [-0.25, -0.2) is 0 Å². The molecule has 0 rings (SSSR count). The van der Waals surface area contributed by atoms with Crippen LogP contribution < -0.4 is 0 Å². The van der Waals surface area contributed by atoms with Gasteiger partial charge in [-0.2, -0.15) is 0 Å². The molecule has 4 radical (unpaired) electrons. The summed E-state index contributed by atoms with van der Waals surface area (Å²) in [5.41, 5.74) is -0.660. The molecule has 4 nitrogen and oxygen atoms in total. The zero-order chi connectivity index (χ0) is 10.5. The van der Waals surface area contributed by atoms with Crippen molar-refractivity contribution in [2.45, 2.75) is 13.8 Å². The lowest BCUT2D eigenvalue weighted by Crippen LogP contribution is -2.35. The van der Waals surface area contributed by atoms with E-state index in [0.29, 0.717) is 11.8 Å². The summed E-state index contributed by atoms with van der Waals surface area (Å²) in [6.07, 6.45) is 0. The SMILES string of the molecule is [CH]OC(=NC)C(C)(C)C(=NC)O[CH]. The van der Waals surface area contributed by atoms with Crippen molar-refractivity contribution in [3.63, 3.8) is 0 Å². The predicted octanol–water partition coefficient (Wildman–Crippen LogP) is 1.44. The van der Waals surface area contributed by atoms with Crippen LogP contribution in [0.4, 0.5) is 0 Å². The first-order valence-corrected chi connectivity index (χ1v) is 3.72. The monoisotopic (exact) mass is 182 g/mol. The predicted molar refractivity (Wildman–Crippen MR) is 51.3 cm³/mol. The van der Waals surface area contributed by atoms with Gasteiger partial charge in [-0.1, -0.05) is 0 Å². The Morgan fingerprint density at radius 3 is 1.46 bits per heavy atom. The second-order valence-electron chi connectivity index (χ2n) is 2.92. The van der Waals surface area contributed by atoms with Crippen LogP contribution in [0.15, 0.2) is 9.98 Å². The summed E-state index contributed by atoms with van der Waals surface area (Å²) in [4.78, 5) is 7.70. The van der Waals surface area contributed by atoms with Gasteiger partial charge in [0, 0.05) is 14.1 Å². The summed E-state index contributed by atoms with van der Waals surface area (Å²) < 4.78 is 9.16. The number of aliphatic imine (C=N–C) groups is 2. The summed E-state index contributed by atoms with van der Waals surface area (Å²) in [7, 11) is 13.2. The molecule has 0 N–H and O–H groups in total. The van der Waals surface area contributed by atoms with Gasteiger partial charge in [0.2, 0.25) is 0 Å². The van der Waals surface area contributed by atoms with Crippen LogP contribution in [-0.4, -0.2) is 25.9 Å². The standard InChI is InChI=1S/C9H14N2O2/c1-9(2,7(10-3)12-5)8(11-4)13-6/h5-6H,1-4H3. The maximum atomic E-state index is 5.03. The molecular formula is C9H14N2O2. The van der Waals surface area contributed by atoms with Crippen LogP contribution in [0, 0.1) is 19.6 Å². The van der Waals surface area contributed by atoms with Crippen LogP contribution in [-0.2, 0) is 9.47 Å². The van der Waals surface area contributed by atoms with E-state index in [4.69, 9.17) is 14.2 Å². The molecule has 0 spiro atoms. The van der Waals surface area contributed by atoms with Gasteiger partial charge in [0.1, 0.15) is 5.41 Å². The third kappa shape index (κ3) is 2.44. The molecule has 4 heteroatoms. The second-order valence-corrected chi connectivity index (χ2v) is 2.92. The van der Waals surface area contributed by atoms with Gasteiger partial charge in [0.15, 0.2) is 26.0 Å². The fourth-order valence-corrected chi connectivity index (χ4v) is 1.05. The highest BCUT2D eigenvalue weighted by Gasteiger charge is 2.33. The molecule has 0 saturated carbocycles. The summed E-state index contributed by atoms with van der Waals surface area (Å²) in [6.45, 7) is 3.58. The number of rotatable bonds is 2. The molecule has 13 heavy (non-hydrogen) atoms. The highest BCUT2D eigenvalue weighted by molar-refractivity contribution is 6.04. The van der Waals surface area contributed by atoms with Crippen LogP contribution in [0.3, 0.4) is 0 Å². The van der Waals surface area contributed by atoms with E-state index in [1.807, 2.05) is 0 Å². The molecule has 0 aromatic rings. The molecule has 0 unspecified atom stereocenters. The number of hydrogen-bond donors (Lipinski definition) is 0. The lowest BCUT2D eigenvalue weighted by atomic mass is 9.92. The van der Waals surface area contributed by atoms with Gasteiger partial charge in [0.05, 0.1) is 0 Å². The van der Waals surface area contributed by atoms with Crippen LogP contribution in [0.2, 0.25) is 0 Å². The van der Waals surface area contributed by atoms with Gasteiger partial charge in [-0.15, -0.1) is 0 Å². The van der Waals surface area contributed by atoms with E-state index in [2.05, 4.69) is 19.5 Å². The van der Waals surface area contributed by atoms with Gasteiger partial charge in [-0.05, 0) is 13.8 Å². The van der Waals surface area contributed by atoms with Crippen LogP contribution in [0.5, 0.6) is 0 Å². The molecule has 72 valence electrons. The molecule has 0 saturated heterocycles. The van der Waals surface area contributed by atoms with Gasteiger partial charge < -0.3 is 9.47 Å². The third-order valence-corrected chi connectivity index (χ3v) is 1.70. The number of nitrogens with zero attached hydrogens (tertiary/aromatic N) is 2. The Bertz CT molecular complexity index is 198. The minimum atomic E-state index is -0.660. The lowest BCUT2D eigenvalue weighted by Gasteiger charge is -2.24. The molecule has 0 aromatic heterocycles. The quantitative estimate of drug-likeness (QED) is 0.479. The Hall–Kier alpha value is -1.06. The van der Waals surface area contributed by atoms with Crippen molar-refractivity contribution >= 4 is 11.8 Å². The van der Waals surface area contributed by atoms with E-state index < -0.39 is 5.41 Å². The first-order valence-electron chi connectivity index (χ1n) is 3.72. The van der Waals surface area contributed by atoms with E-state index in [1.54, 1.807) is 27.9 Å². The third-order valence-electron chi connectivity index (χ3n) is 1.70. The lowest BCUT2D eigenvalue weighted by molar-refractivity contribution is 0.356. The van der Waals surface area contributed by atoms with Crippen LogP contribution >= 0.6 is 0 Å². The second kappa shape index (κ2) is 4.84. The van der Waals surface area contributed by atoms with Crippen molar-refractivity contribution in [1.29, 1.82) is 0 Å². The highest BCUT2D eigenvalue weighted by atomic mass is 16.5. The zero-order valence-corrected chi connectivity index (χ0v) is 8.37. The van der Waals surface area contributed by atoms with Crippen molar-refractivity contribution in [2.24, 2.45) is 15.4 Å². The first-order chi connectivity index (χ1) is 6.04. The van der Waals surface area contributed by atoms with Crippen molar-refractivity contribution in [3.05, 3.63) is 14.2 Å². The van der Waals surface area contributed by atoms with E-state index in [1.165, 1.54) is 0 Å². The smallest absolute Gasteiger partial charge is 0.198 e. The highest BCUT2D eigenvalue weighted by Crippen LogP contribution is 2.21. The molecule has 0 heterocycles. The molecular weight excluding hydrogens is 168 g/mol. The topological polar surface area (TPSA) is 43.2 Å². The zero-order valence-electron chi connectivity index (χ0n) is 8.37. The Morgan fingerprint density at radius 1 is 1.00 bits per heavy atom. The molecule has 0 amide bonds. The van der Waals surface area contributed by atoms with E-state index in [0.717, 1.165) is 0 Å². The minimum absolute atomic E-state index is 0.304. The molecule has 0 bridgehead atoms. The first kappa shape index (κ1) is 11.9. The Labute approximate surface area is 79.7 Å². The van der Waals surface area contributed by atoms with E-state index in [-0.39, 0.29) is 0 Å². The Balaban J connectivity index is 4.93. The van der Waals surface area contributed by atoms with Crippen molar-refractivity contribution in [2.75, 3.05) is 14.1 Å². The largest absolute Gasteiger partial charge is 0.469 e. The normalized spacial score (nSPS) is 14.3. The molecule has 0 aliphatic heterocycles. The maximum Gasteiger partial charge on any atom is 0.198 e. The van der Waals surface area contributed by atoms with Crippen LogP contribution in [0.1, 0.15) is 13.8 Å². The molecule has 0 aliphatic carbocycles. The fraction of sp³-hybridized carbons (Fsp3) is 0.556. The van der Waals surface area contributed by atoms with E-state index >= 15 is 0 Å². The summed E-state index contributed by atoms with van der Waals surface area (Å²) in [5.74, 6) is 0.608. The molecule has 0 atom stereocenters. The van der Waals surface area contributed by atoms with Crippen LogP contribution in [0.25, 0.3) is 0 Å². The summed E-state index contributed by atoms with van der Waals surface area (Å²) in [6, 6.07) is 0. The number of hydrogen-bond acceptors (Lipinski definition) is 4. The Morgan fingerprint density at radius 2 is 1.31 bits per heavy atom. The summed E-state index contributed by atoms with van der Waals surface area (Å²) in [5, 5.41) is 0. The summed E-state index contributed by atoms with van der Waals surface area (Å²) >= 11 is 0. The van der Waals surface area contributed by atoms with Gasteiger partial charge in [0.25, 0.3) is 0 Å². The molecule has 0 fully saturated rings. The average molecular weight is 182 g/mol. The van der Waals surface area contributed by atoms with E-state index in [9.17, 15) is 0 Å². The number of ether oxygens (including phenoxy) is 2. The molecule has 0 aliphatic rings. The maximum absolute atomic E-state index is 5.03. The van der Waals surface area contributed by atoms with Gasteiger partial charge >= 0.3 is 0 Å². The molecule has 0 aromatic carbocycles.